The average molecular weight is 398 g/mol. The molecule has 1 aromatic carbocycles. The molecule has 0 unspecified atom stereocenters. The van der Waals surface area contributed by atoms with Crippen molar-refractivity contribution in [1.82, 2.24) is 15.3 Å². The van der Waals surface area contributed by atoms with Crippen LogP contribution >= 0.6 is 0 Å². The molecule has 2 N–H and O–H groups in total. The van der Waals surface area contributed by atoms with E-state index < -0.39 is 0 Å². The number of hydrogen-bond donors (Lipinski definition) is 2. The normalized spacial score (nSPS) is 18.8. The van der Waals surface area contributed by atoms with Crippen LogP contribution in [0, 0.1) is 6.92 Å². The van der Waals surface area contributed by atoms with E-state index in [9.17, 15) is 4.79 Å². The van der Waals surface area contributed by atoms with E-state index in [0.717, 1.165) is 48.9 Å². The zero-order valence-electron chi connectivity index (χ0n) is 17.7. The lowest BCUT2D eigenvalue weighted by molar-refractivity contribution is 0.0926. The number of aryl methyl sites for hydroxylation is 1. The predicted octanol–water partition coefficient (Wildman–Crippen LogP) is 3.40. The van der Waals surface area contributed by atoms with Gasteiger partial charge in [0.25, 0.3) is 5.91 Å². The number of nitrogens with one attached hydrogen (secondary N) is 2. The lowest BCUT2D eigenvalue weighted by Crippen LogP contribution is -2.40. The highest BCUT2D eigenvalue weighted by Gasteiger charge is 2.23. The van der Waals surface area contributed by atoms with Crippen LogP contribution in [0.5, 0.6) is 5.75 Å². The third-order valence-corrected chi connectivity index (χ3v) is 5.10. The molecule has 3 rings (SSSR count). The maximum Gasteiger partial charge on any atom is 0.251 e. The quantitative estimate of drug-likeness (QED) is 0.745. The van der Waals surface area contributed by atoms with E-state index in [-0.39, 0.29) is 11.9 Å². The van der Waals surface area contributed by atoms with Gasteiger partial charge < -0.3 is 20.3 Å². The Bertz CT molecular complexity index is 832. The summed E-state index contributed by atoms with van der Waals surface area (Å²) in [6.07, 6.45) is 3.87. The lowest BCUT2D eigenvalue weighted by Gasteiger charge is -2.30. The Morgan fingerprint density at radius 3 is 2.55 bits per heavy atom. The molecule has 0 saturated heterocycles. The van der Waals surface area contributed by atoms with Crippen molar-refractivity contribution in [3.05, 3.63) is 41.7 Å². The molecule has 7 nitrogen and oxygen atoms in total. The van der Waals surface area contributed by atoms with Crippen LogP contribution in [-0.4, -0.2) is 48.7 Å². The van der Waals surface area contributed by atoms with Crippen molar-refractivity contribution in [2.75, 3.05) is 30.9 Å². The van der Waals surface area contributed by atoms with Crippen LogP contribution in [0.3, 0.4) is 0 Å². The highest BCUT2D eigenvalue weighted by molar-refractivity contribution is 5.94. The highest BCUT2D eigenvalue weighted by Crippen LogP contribution is 2.23. The fraction of sp³-hybridized carbons (Fsp3) is 0.500. The number of aromatic nitrogens is 2. The third-order valence-electron chi connectivity index (χ3n) is 5.10. The number of carbonyl (C=O) groups is 1. The van der Waals surface area contributed by atoms with Crippen LogP contribution in [0.15, 0.2) is 30.3 Å². The number of nitrogens with zero attached hydrogens (tertiary/aromatic N) is 3. The Kier molecular flexibility index (Phi) is 6.90. The summed E-state index contributed by atoms with van der Waals surface area (Å²) in [4.78, 5) is 23.5. The molecule has 1 saturated carbocycles. The first-order chi connectivity index (χ1) is 13.9. The van der Waals surface area contributed by atoms with Crippen molar-refractivity contribution >= 4 is 17.5 Å². The third kappa shape index (κ3) is 5.82. The van der Waals surface area contributed by atoms with Gasteiger partial charge in [-0.1, -0.05) is 6.07 Å². The van der Waals surface area contributed by atoms with Crippen molar-refractivity contribution in [2.24, 2.45) is 0 Å². The van der Waals surface area contributed by atoms with E-state index in [4.69, 9.17) is 4.74 Å². The molecule has 1 aliphatic rings. The maximum absolute atomic E-state index is 12.6. The molecule has 156 valence electrons. The first-order valence-corrected chi connectivity index (χ1v) is 10.3. The molecule has 0 aliphatic heterocycles. The van der Waals surface area contributed by atoms with Gasteiger partial charge in [0.05, 0.1) is 6.61 Å². The van der Waals surface area contributed by atoms with Gasteiger partial charge in [-0.2, -0.15) is 0 Å². The average Bonchev–Trinajstić information content (AvgIpc) is 2.69. The van der Waals surface area contributed by atoms with Gasteiger partial charge in [0.1, 0.15) is 23.2 Å². The number of ether oxygens (including phenoxy) is 1. The first kappa shape index (κ1) is 20.9. The summed E-state index contributed by atoms with van der Waals surface area (Å²) in [7, 11) is 3.95. The number of anilines is 2. The molecule has 0 atom stereocenters. The largest absolute Gasteiger partial charge is 0.494 e. The Balaban J connectivity index is 1.52. The Hall–Kier alpha value is -2.83. The summed E-state index contributed by atoms with van der Waals surface area (Å²) < 4.78 is 5.49. The zero-order valence-corrected chi connectivity index (χ0v) is 17.7. The van der Waals surface area contributed by atoms with Gasteiger partial charge in [-0.15, -0.1) is 0 Å². The number of amides is 1. The van der Waals surface area contributed by atoms with Gasteiger partial charge in [-0.3, -0.25) is 4.79 Å². The summed E-state index contributed by atoms with van der Waals surface area (Å²) >= 11 is 0. The van der Waals surface area contributed by atoms with E-state index in [1.165, 1.54) is 0 Å². The molecule has 1 amide bonds. The molecule has 2 aromatic rings. The van der Waals surface area contributed by atoms with Crippen LogP contribution in [0.1, 0.15) is 48.8 Å². The van der Waals surface area contributed by atoms with Crippen molar-refractivity contribution in [2.45, 2.75) is 51.6 Å². The summed E-state index contributed by atoms with van der Waals surface area (Å²) in [6, 6.07) is 9.87. The lowest BCUT2D eigenvalue weighted by atomic mass is 9.91. The summed E-state index contributed by atoms with van der Waals surface area (Å²) in [5.41, 5.74) is 0.642. The molecular formula is C22H31N5O2. The molecule has 7 heteroatoms. The van der Waals surface area contributed by atoms with Crippen LogP contribution in [0.25, 0.3) is 0 Å². The highest BCUT2D eigenvalue weighted by atomic mass is 16.5. The number of carbonyl (C=O) groups excluding carboxylic acids is 1. The minimum absolute atomic E-state index is 0.0370. The van der Waals surface area contributed by atoms with E-state index >= 15 is 0 Å². The van der Waals surface area contributed by atoms with E-state index in [1.807, 2.05) is 57.1 Å². The second-order valence-electron chi connectivity index (χ2n) is 7.68. The molecule has 1 fully saturated rings. The van der Waals surface area contributed by atoms with Crippen molar-refractivity contribution in [3.8, 4) is 5.75 Å². The van der Waals surface area contributed by atoms with Gasteiger partial charge in [-0.25, -0.2) is 9.97 Å². The van der Waals surface area contributed by atoms with E-state index in [1.54, 1.807) is 6.07 Å². The molecule has 0 radical (unpaired) electrons. The molecule has 0 bridgehead atoms. The van der Waals surface area contributed by atoms with Crippen molar-refractivity contribution < 1.29 is 9.53 Å². The standard InChI is InChI=1S/C22H31N5O2/c1-5-29-19-8-6-7-16(13-19)22(28)26-18-11-9-17(10-12-18)25-20-14-21(27(3)4)24-15(2)23-20/h6-8,13-14,17-18H,5,9-12H2,1-4H3,(H,26,28)(H,23,24,25). The fourth-order valence-corrected chi connectivity index (χ4v) is 3.61. The topological polar surface area (TPSA) is 79.4 Å². The van der Waals surface area contributed by atoms with Gasteiger partial charge in [0.2, 0.25) is 0 Å². The van der Waals surface area contributed by atoms with Crippen LogP contribution in [0.2, 0.25) is 0 Å². The molecule has 1 aromatic heterocycles. The molecular weight excluding hydrogens is 366 g/mol. The fourth-order valence-electron chi connectivity index (χ4n) is 3.61. The van der Waals surface area contributed by atoms with Gasteiger partial charge in [0.15, 0.2) is 0 Å². The Labute approximate surface area is 172 Å². The molecule has 0 spiro atoms. The Morgan fingerprint density at radius 2 is 1.86 bits per heavy atom. The van der Waals surface area contributed by atoms with E-state index in [0.29, 0.717) is 18.2 Å². The van der Waals surface area contributed by atoms with E-state index in [2.05, 4.69) is 20.6 Å². The van der Waals surface area contributed by atoms with Crippen LogP contribution in [0.4, 0.5) is 11.6 Å². The monoisotopic (exact) mass is 397 g/mol. The van der Waals surface area contributed by atoms with Crippen LogP contribution < -0.4 is 20.3 Å². The van der Waals surface area contributed by atoms with Crippen LogP contribution in [-0.2, 0) is 0 Å². The number of benzene rings is 1. The molecule has 1 aliphatic carbocycles. The Morgan fingerprint density at radius 1 is 1.14 bits per heavy atom. The first-order valence-electron chi connectivity index (χ1n) is 10.3. The molecule has 29 heavy (non-hydrogen) atoms. The zero-order chi connectivity index (χ0) is 20.8. The van der Waals surface area contributed by atoms with Gasteiger partial charge in [0, 0.05) is 37.8 Å². The van der Waals surface area contributed by atoms with Gasteiger partial charge >= 0.3 is 0 Å². The SMILES string of the molecule is CCOc1cccc(C(=O)NC2CCC(Nc3cc(N(C)C)nc(C)n3)CC2)c1. The van der Waals surface area contributed by atoms with Gasteiger partial charge in [-0.05, 0) is 57.7 Å². The summed E-state index contributed by atoms with van der Waals surface area (Å²) in [6.45, 7) is 4.43. The van der Waals surface area contributed by atoms with Crippen molar-refractivity contribution in [3.63, 3.8) is 0 Å². The maximum atomic E-state index is 12.6. The summed E-state index contributed by atoms with van der Waals surface area (Å²) in [5, 5.41) is 6.70. The second-order valence-corrected chi connectivity index (χ2v) is 7.68. The van der Waals surface area contributed by atoms with Crippen molar-refractivity contribution in [1.29, 1.82) is 0 Å². The minimum Gasteiger partial charge on any atom is -0.494 e. The predicted molar refractivity (Wildman–Crippen MR) is 116 cm³/mol. The second kappa shape index (κ2) is 9.58. The smallest absolute Gasteiger partial charge is 0.251 e. The number of rotatable bonds is 7. The minimum atomic E-state index is -0.0370. The molecule has 1 heterocycles. The summed E-state index contributed by atoms with van der Waals surface area (Å²) in [5.74, 6) is 3.21. The number of hydrogen-bond acceptors (Lipinski definition) is 6.